The van der Waals surface area contributed by atoms with Crippen LogP contribution in [0.4, 0.5) is 0 Å². The number of rotatable bonds is 4. The molecule has 1 fully saturated rings. The highest BCUT2D eigenvalue weighted by Gasteiger charge is 2.31. The standard InChI is InChI=1S/C12H25N3O2/c1-12(2,3)8-15(4)7-9-5-6-10(17-9)11(16)14-13/h9-10H,5-8,13H2,1-4H3,(H,14,16). The summed E-state index contributed by atoms with van der Waals surface area (Å²) >= 11 is 0. The molecule has 1 rings (SSSR count). The van der Waals surface area contributed by atoms with Crippen molar-refractivity contribution in [3.63, 3.8) is 0 Å². The maximum Gasteiger partial charge on any atom is 0.263 e. The number of hydrogen-bond donors (Lipinski definition) is 2. The maximum absolute atomic E-state index is 11.3. The molecule has 0 bridgehead atoms. The molecule has 5 heteroatoms. The molecule has 1 aliphatic heterocycles. The number of ether oxygens (including phenoxy) is 1. The minimum atomic E-state index is -0.368. The number of likely N-dealkylation sites (N-methyl/N-ethyl adjacent to an activating group) is 1. The fourth-order valence-corrected chi connectivity index (χ4v) is 2.35. The second-order valence-electron chi connectivity index (χ2n) is 6.09. The van der Waals surface area contributed by atoms with Gasteiger partial charge in [-0.05, 0) is 25.3 Å². The van der Waals surface area contributed by atoms with Crippen molar-refractivity contribution in [2.75, 3.05) is 20.1 Å². The third-order valence-electron chi connectivity index (χ3n) is 2.80. The molecule has 5 nitrogen and oxygen atoms in total. The van der Waals surface area contributed by atoms with Crippen LogP contribution in [0.3, 0.4) is 0 Å². The number of carbonyl (C=O) groups excluding carboxylic acids is 1. The molecular formula is C12H25N3O2. The Morgan fingerprint density at radius 1 is 1.47 bits per heavy atom. The van der Waals surface area contributed by atoms with E-state index in [0.717, 1.165) is 25.9 Å². The first-order valence-electron chi connectivity index (χ1n) is 6.16. The highest BCUT2D eigenvalue weighted by molar-refractivity contribution is 5.80. The molecule has 0 spiro atoms. The number of hydrazine groups is 1. The van der Waals surface area contributed by atoms with E-state index in [1.807, 2.05) is 0 Å². The van der Waals surface area contributed by atoms with Crippen LogP contribution < -0.4 is 11.3 Å². The molecule has 2 unspecified atom stereocenters. The molecule has 17 heavy (non-hydrogen) atoms. The molecule has 0 aromatic heterocycles. The molecule has 100 valence electrons. The fourth-order valence-electron chi connectivity index (χ4n) is 2.35. The van der Waals surface area contributed by atoms with E-state index in [1.54, 1.807) is 0 Å². The van der Waals surface area contributed by atoms with Crippen molar-refractivity contribution in [3.05, 3.63) is 0 Å². The summed E-state index contributed by atoms with van der Waals surface area (Å²) in [7, 11) is 2.09. The van der Waals surface area contributed by atoms with E-state index >= 15 is 0 Å². The Hall–Kier alpha value is -0.650. The summed E-state index contributed by atoms with van der Waals surface area (Å²) in [5.41, 5.74) is 2.42. The van der Waals surface area contributed by atoms with E-state index in [0.29, 0.717) is 0 Å². The van der Waals surface area contributed by atoms with Crippen LogP contribution in [0, 0.1) is 5.41 Å². The van der Waals surface area contributed by atoms with Gasteiger partial charge in [-0.25, -0.2) is 5.84 Å². The molecule has 1 amide bonds. The lowest BCUT2D eigenvalue weighted by Gasteiger charge is -2.28. The van der Waals surface area contributed by atoms with Crippen LogP contribution in [0.25, 0.3) is 0 Å². The van der Waals surface area contributed by atoms with E-state index in [9.17, 15) is 4.79 Å². The number of carbonyl (C=O) groups is 1. The molecule has 3 N–H and O–H groups in total. The van der Waals surface area contributed by atoms with E-state index in [4.69, 9.17) is 10.6 Å². The molecule has 0 radical (unpaired) electrons. The van der Waals surface area contributed by atoms with E-state index in [1.165, 1.54) is 0 Å². The van der Waals surface area contributed by atoms with Crippen LogP contribution in [0.15, 0.2) is 0 Å². The average Bonchev–Trinajstić information content (AvgIpc) is 2.62. The normalized spacial score (nSPS) is 25.3. The van der Waals surface area contributed by atoms with Gasteiger partial charge in [0.25, 0.3) is 5.91 Å². The van der Waals surface area contributed by atoms with E-state index in [2.05, 4.69) is 38.1 Å². The summed E-state index contributed by atoms with van der Waals surface area (Å²) in [6, 6.07) is 0. The number of amides is 1. The maximum atomic E-state index is 11.3. The number of nitrogens with one attached hydrogen (secondary N) is 1. The first-order chi connectivity index (χ1) is 7.81. The summed E-state index contributed by atoms with van der Waals surface area (Å²) in [5, 5.41) is 0. The highest BCUT2D eigenvalue weighted by atomic mass is 16.5. The van der Waals surface area contributed by atoms with Gasteiger partial charge in [-0.15, -0.1) is 0 Å². The molecule has 1 heterocycles. The van der Waals surface area contributed by atoms with Crippen molar-refractivity contribution in [1.82, 2.24) is 10.3 Å². The zero-order valence-corrected chi connectivity index (χ0v) is 11.3. The summed E-state index contributed by atoms with van der Waals surface area (Å²) in [6.07, 6.45) is 1.46. The lowest BCUT2D eigenvalue weighted by molar-refractivity contribution is -0.132. The van der Waals surface area contributed by atoms with E-state index < -0.39 is 0 Å². The SMILES string of the molecule is CN(CC1CCC(C(=O)NN)O1)CC(C)(C)C. The third kappa shape index (κ3) is 5.02. The first kappa shape index (κ1) is 14.4. The molecule has 1 aliphatic rings. The van der Waals surface area contributed by atoms with Crippen molar-refractivity contribution in [2.45, 2.75) is 45.8 Å². The molecule has 0 aromatic carbocycles. The van der Waals surface area contributed by atoms with Gasteiger partial charge in [-0.3, -0.25) is 10.2 Å². The van der Waals surface area contributed by atoms with Gasteiger partial charge in [-0.2, -0.15) is 0 Å². The zero-order valence-electron chi connectivity index (χ0n) is 11.3. The molecule has 1 saturated heterocycles. The first-order valence-corrected chi connectivity index (χ1v) is 6.16. The number of hydrogen-bond acceptors (Lipinski definition) is 4. The van der Waals surface area contributed by atoms with Gasteiger partial charge in [0, 0.05) is 13.1 Å². The summed E-state index contributed by atoms with van der Waals surface area (Å²) in [4.78, 5) is 13.6. The smallest absolute Gasteiger partial charge is 0.263 e. The van der Waals surface area contributed by atoms with E-state index in [-0.39, 0.29) is 23.5 Å². The van der Waals surface area contributed by atoms with Gasteiger partial charge < -0.3 is 9.64 Å². The Balaban J connectivity index is 2.32. The van der Waals surface area contributed by atoms with Crippen LogP contribution in [0.5, 0.6) is 0 Å². The van der Waals surface area contributed by atoms with Gasteiger partial charge >= 0.3 is 0 Å². The van der Waals surface area contributed by atoms with Gasteiger partial charge in [0.05, 0.1) is 6.10 Å². The van der Waals surface area contributed by atoms with Crippen LogP contribution in [0.2, 0.25) is 0 Å². The number of nitrogens with two attached hydrogens (primary N) is 1. The lowest BCUT2D eigenvalue weighted by atomic mass is 9.96. The van der Waals surface area contributed by atoms with Crippen LogP contribution in [-0.2, 0) is 9.53 Å². The molecular weight excluding hydrogens is 218 g/mol. The van der Waals surface area contributed by atoms with Crippen molar-refractivity contribution >= 4 is 5.91 Å². The zero-order chi connectivity index (χ0) is 13.1. The molecule has 0 saturated carbocycles. The average molecular weight is 243 g/mol. The molecule has 0 aliphatic carbocycles. The number of nitrogens with zero attached hydrogens (tertiary/aromatic N) is 1. The minimum absolute atomic E-state index is 0.143. The van der Waals surface area contributed by atoms with Crippen LogP contribution >= 0.6 is 0 Å². The largest absolute Gasteiger partial charge is 0.364 e. The Labute approximate surface area is 104 Å². The lowest BCUT2D eigenvalue weighted by Crippen LogP contribution is -2.40. The van der Waals surface area contributed by atoms with Gasteiger partial charge in [0.1, 0.15) is 6.10 Å². The minimum Gasteiger partial charge on any atom is -0.364 e. The van der Waals surface area contributed by atoms with Crippen molar-refractivity contribution in [2.24, 2.45) is 11.3 Å². The topological polar surface area (TPSA) is 67.6 Å². The third-order valence-corrected chi connectivity index (χ3v) is 2.80. The van der Waals surface area contributed by atoms with Crippen LogP contribution in [0.1, 0.15) is 33.6 Å². The van der Waals surface area contributed by atoms with Crippen LogP contribution in [-0.4, -0.2) is 43.2 Å². The predicted octanol–water partition coefficient (Wildman–Crippen LogP) is 0.502. The predicted molar refractivity (Wildman–Crippen MR) is 67.2 cm³/mol. The Kier molecular flexibility index (Phi) is 4.91. The second-order valence-corrected chi connectivity index (χ2v) is 6.09. The highest BCUT2D eigenvalue weighted by Crippen LogP contribution is 2.21. The summed E-state index contributed by atoms with van der Waals surface area (Å²) in [6.45, 7) is 8.52. The fraction of sp³-hybridized carbons (Fsp3) is 0.917. The Bertz CT molecular complexity index is 263. The van der Waals surface area contributed by atoms with Crippen molar-refractivity contribution in [3.8, 4) is 0 Å². The van der Waals surface area contributed by atoms with Crippen molar-refractivity contribution < 1.29 is 9.53 Å². The van der Waals surface area contributed by atoms with Crippen molar-refractivity contribution in [1.29, 1.82) is 0 Å². The Morgan fingerprint density at radius 2 is 2.12 bits per heavy atom. The molecule has 0 aromatic rings. The summed E-state index contributed by atoms with van der Waals surface area (Å²) < 4.78 is 5.67. The summed E-state index contributed by atoms with van der Waals surface area (Å²) in [5.74, 6) is 4.88. The monoisotopic (exact) mass is 243 g/mol. The second kappa shape index (κ2) is 5.80. The quantitative estimate of drug-likeness (QED) is 0.429. The van der Waals surface area contributed by atoms with Gasteiger partial charge in [-0.1, -0.05) is 20.8 Å². The molecule has 2 atom stereocenters. The Morgan fingerprint density at radius 3 is 2.65 bits per heavy atom. The van der Waals surface area contributed by atoms with Gasteiger partial charge in [0.2, 0.25) is 0 Å². The van der Waals surface area contributed by atoms with Gasteiger partial charge in [0.15, 0.2) is 0 Å².